The minimum atomic E-state index is -1.05. The summed E-state index contributed by atoms with van der Waals surface area (Å²) in [6, 6.07) is 0. The standard InChI is InChI=1S/C13H16O3/c1-13(2)7-3-4-8-5-6-9(12(15)16)11(14)10(8)13/h5-6,9H,3-4,7H2,1-2H3,(H,15,16). The van der Waals surface area contributed by atoms with E-state index in [2.05, 4.69) is 0 Å². The summed E-state index contributed by atoms with van der Waals surface area (Å²) in [7, 11) is 0. The van der Waals surface area contributed by atoms with Crippen LogP contribution in [-0.2, 0) is 9.59 Å². The van der Waals surface area contributed by atoms with Crippen LogP contribution in [0.25, 0.3) is 0 Å². The van der Waals surface area contributed by atoms with Crippen LogP contribution in [0.1, 0.15) is 33.1 Å². The van der Waals surface area contributed by atoms with Crippen molar-refractivity contribution in [1.82, 2.24) is 0 Å². The van der Waals surface area contributed by atoms with Gasteiger partial charge in [0.2, 0.25) is 0 Å². The van der Waals surface area contributed by atoms with E-state index in [9.17, 15) is 9.59 Å². The Morgan fingerprint density at radius 2 is 2.19 bits per heavy atom. The lowest BCUT2D eigenvalue weighted by atomic mass is 9.67. The molecule has 0 amide bonds. The van der Waals surface area contributed by atoms with Crippen molar-refractivity contribution in [3.63, 3.8) is 0 Å². The van der Waals surface area contributed by atoms with E-state index in [1.165, 1.54) is 6.08 Å². The van der Waals surface area contributed by atoms with Crippen molar-refractivity contribution in [1.29, 1.82) is 0 Å². The van der Waals surface area contributed by atoms with Gasteiger partial charge < -0.3 is 5.11 Å². The van der Waals surface area contributed by atoms with Gasteiger partial charge in [-0.2, -0.15) is 0 Å². The second kappa shape index (κ2) is 3.58. The van der Waals surface area contributed by atoms with E-state index in [0.29, 0.717) is 0 Å². The Morgan fingerprint density at radius 3 is 2.81 bits per heavy atom. The van der Waals surface area contributed by atoms with E-state index in [0.717, 1.165) is 30.4 Å². The molecule has 0 saturated carbocycles. The summed E-state index contributed by atoms with van der Waals surface area (Å²) in [5.41, 5.74) is 1.61. The Bertz CT molecular complexity index is 413. The second-order valence-electron chi connectivity index (χ2n) is 5.18. The summed E-state index contributed by atoms with van der Waals surface area (Å²) in [4.78, 5) is 23.1. The quantitative estimate of drug-likeness (QED) is 0.690. The van der Waals surface area contributed by atoms with Crippen molar-refractivity contribution < 1.29 is 14.7 Å². The molecule has 3 nitrogen and oxygen atoms in total. The van der Waals surface area contributed by atoms with E-state index in [1.807, 2.05) is 19.9 Å². The third-order valence-corrected chi connectivity index (χ3v) is 3.53. The zero-order valence-corrected chi connectivity index (χ0v) is 9.62. The van der Waals surface area contributed by atoms with Gasteiger partial charge in [-0.15, -0.1) is 0 Å². The highest BCUT2D eigenvalue weighted by Gasteiger charge is 2.40. The zero-order valence-electron chi connectivity index (χ0n) is 9.62. The molecule has 0 aromatic carbocycles. The molecule has 0 fully saturated rings. The monoisotopic (exact) mass is 220 g/mol. The van der Waals surface area contributed by atoms with Gasteiger partial charge in [-0.3, -0.25) is 9.59 Å². The molecular formula is C13H16O3. The Morgan fingerprint density at radius 1 is 1.50 bits per heavy atom. The number of ketones is 1. The zero-order chi connectivity index (χ0) is 11.9. The molecule has 1 unspecified atom stereocenters. The number of hydrogen-bond donors (Lipinski definition) is 1. The third kappa shape index (κ3) is 1.60. The first-order valence-corrected chi connectivity index (χ1v) is 5.62. The first kappa shape index (κ1) is 11.1. The van der Waals surface area contributed by atoms with Gasteiger partial charge in [0, 0.05) is 5.57 Å². The molecule has 0 radical (unpaired) electrons. The molecule has 2 aliphatic rings. The maximum Gasteiger partial charge on any atom is 0.318 e. The number of carbonyl (C=O) groups is 2. The number of hydrogen-bond acceptors (Lipinski definition) is 2. The van der Waals surface area contributed by atoms with Crippen molar-refractivity contribution in [3.8, 4) is 0 Å². The number of Topliss-reactive ketones (excluding diaryl/α,β-unsaturated/α-hetero) is 1. The van der Waals surface area contributed by atoms with Crippen molar-refractivity contribution in [2.24, 2.45) is 11.3 Å². The molecule has 0 aromatic rings. The fourth-order valence-electron chi connectivity index (χ4n) is 2.71. The van der Waals surface area contributed by atoms with Crippen molar-refractivity contribution in [2.75, 3.05) is 0 Å². The van der Waals surface area contributed by atoms with Gasteiger partial charge in [0.1, 0.15) is 5.92 Å². The molecule has 0 bridgehead atoms. The van der Waals surface area contributed by atoms with Gasteiger partial charge in [-0.25, -0.2) is 0 Å². The van der Waals surface area contributed by atoms with E-state index in [4.69, 9.17) is 5.11 Å². The summed E-state index contributed by atoms with van der Waals surface area (Å²) in [6.07, 6.45) is 6.27. The Labute approximate surface area is 94.8 Å². The third-order valence-electron chi connectivity index (χ3n) is 3.53. The van der Waals surface area contributed by atoms with Gasteiger partial charge in [-0.05, 0) is 30.3 Å². The summed E-state index contributed by atoms with van der Waals surface area (Å²) < 4.78 is 0. The lowest BCUT2D eigenvalue weighted by Crippen LogP contribution is -2.34. The van der Waals surface area contributed by atoms with Gasteiger partial charge >= 0.3 is 5.97 Å². The number of carboxylic acids is 1. The van der Waals surface area contributed by atoms with Crippen LogP contribution in [0.2, 0.25) is 0 Å². The Balaban J connectivity index is 2.45. The summed E-state index contributed by atoms with van der Waals surface area (Å²) >= 11 is 0. The highest BCUT2D eigenvalue weighted by molar-refractivity contribution is 6.11. The van der Waals surface area contributed by atoms with Gasteiger partial charge in [0.25, 0.3) is 0 Å². The lowest BCUT2D eigenvalue weighted by Gasteiger charge is -2.36. The molecule has 3 heteroatoms. The van der Waals surface area contributed by atoms with Crippen LogP contribution in [0, 0.1) is 11.3 Å². The van der Waals surface area contributed by atoms with Crippen LogP contribution in [0.15, 0.2) is 23.3 Å². The minimum Gasteiger partial charge on any atom is -0.480 e. The largest absolute Gasteiger partial charge is 0.480 e. The van der Waals surface area contributed by atoms with Gasteiger partial charge in [-0.1, -0.05) is 26.0 Å². The number of rotatable bonds is 1. The maximum absolute atomic E-state index is 12.1. The molecule has 1 atom stereocenters. The Hall–Kier alpha value is -1.38. The van der Waals surface area contributed by atoms with Gasteiger partial charge in [0.15, 0.2) is 5.78 Å². The van der Waals surface area contributed by atoms with E-state index in [1.54, 1.807) is 0 Å². The fourth-order valence-corrected chi connectivity index (χ4v) is 2.71. The number of carbonyl (C=O) groups excluding carboxylic acids is 1. The molecule has 0 spiro atoms. The van der Waals surface area contributed by atoms with E-state index < -0.39 is 11.9 Å². The van der Waals surface area contributed by atoms with Crippen molar-refractivity contribution in [2.45, 2.75) is 33.1 Å². The summed E-state index contributed by atoms with van der Waals surface area (Å²) in [5.74, 6) is -2.24. The first-order chi connectivity index (χ1) is 7.43. The highest BCUT2D eigenvalue weighted by atomic mass is 16.4. The summed E-state index contributed by atoms with van der Waals surface area (Å²) in [6.45, 7) is 4.05. The Kier molecular flexibility index (Phi) is 2.49. The topological polar surface area (TPSA) is 54.4 Å². The second-order valence-corrected chi connectivity index (χ2v) is 5.18. The summed E-state index contributed by atoms with van der Waals surface area (Å²) in [5, 5.41) is 8.97. The maximum atomic E-state index is 12.1. The average molecular weight is 220 g/mol. The van der Waals surface area contributed by atoms with E-state index in [-0.39, 0.29) is 11.2 Å². The fraction of sp³-hybridized carbons (Fsp3) is 0.538. The predicted molar refractivity (Wildman–Crippen MR) is 59.9 cm³/mol. The molecule has 0 aliphatic heterocycles. The smallest absolute Gasteiger partial charge is 0.318 e. The molecule has 0 aromatic heterocycles. The highest BCUT2D eigenvalue weighted by Crippen LogP contribution is 2.43. The van der Waals surface area contributed by atoms with E-state index >= 15 is 0 Å². The number of carboxylic acid groups (broad SMARTS) is 1. The van der Waals surface area contributed by atoms with Crippen molar-refractivity contribution in [3.05, 3.63) is 23.3 Å². The van der Waals surface area contributed by atoms with Crippen LogP contribution < -0.4 is 0 Å². The van der Waals surface area contributed by atoms with Gasteiger partial charge in [0.05, 0.1) is 0 Å². The van der Waals surface area contributed by atoms with Crippen LogP contribution >= 0.6 is 0 Å². The average Bonchev–Trinajstić information content (AvgIpc) is 2.15. The normalized spacial score (nSPS) is 27.9. The molecule has 0 heterocycles. The molecule has 16 heavy (non-hydrogen) atoms. The van der Waals surface area contributed by atoms with Crippen LogP contribution in [0.5, 0.6) is 0 Å². The van der Waals surface area contributed by atoms with Crippen LogP contribution in [0.4, 0.5) is 0 Å². The predicted octanol–water partition coefficient (Wildman–Crippen LogP) is 2.33. The minimum absolute atomic E-state index is 0.177. The SMILES string of the molecule is CC1(C)CCCC2=C1C(=O)C(C(=O)O)C=C2. The molecule has 86 valence electrons. The first-order valence-electron chi connectivity index (χ1n) is 5.62. The van der Waals surface area contributed by atoms with Crippen LogP contribution in [0.3, 0.4) is 0 Å². The molecule has 2 rings (SSSR count). The molecule has 2 aliphatic carbocycles. The van der Waals surface area contributed by atoms with Crippen molar-refractivity contribution >= 4 is 11.8 Å². The molecule has 1 N–H and O–H groups in total. The molecular weight excluding hydrogens is 204 g/mol. The van der Waals surface area contributed by atoms with Crippen LogP contribution in [-0.4, -0.2) is 16.9 Å². The lowest BCUT2D eigenvalue weighted by molar-refractivity contribution is -0.143. The number of aliphatic carboxylic acids is 1. The number of allylic oxidation sites excluding steroid dienone is 3. The molecule has 0 saturated heterocycles.